The van der Waals surface area contributed by atoms with Crippen molar-refractivity contribution in [1.82, 2.24) is 0 Å². The first-order chi connectivity index (χ1) is 7.72. The minimum atomic E-state index is -0.319. The number of benzene rings is 1. The van der Waals surface area contributed by atoms with Gasteiger partial charge in [0, 0.05) is 17.5 Å². The Kier molecular flexibility index (Phi) is 3.19. The van der Waals surface area contributed by atoms with Crippen LogP contribution < -0.4 is 4.74 Å². The third kappa shape index (κ3) is 2.07. The van der Waals surface area contributed by atoms with E-state index in [4.69, 9.17) is 9.47 Å². The molecule has 1 aliphatic rings. The number of rotatable bonds is 3. The number of hydrogen-bond donors (Lipinski definition) is 0. The summed E-state index contributed by atoms with van der Waals surface area (Å²) < 4.78 is 23.8. The molecule has 0 aromatic heterocycles. The van der Waals surface area contributed by atoms with Gasteiger partial charge in [-0.1, -0.05) is 6.92 Å². The second-order valence-corrected chi connectivity index (χ2v) is 3.90. The molecule has 0 bridgehead atoms. The Morgan fingerprint density at radius 2 is 2.38 bits per heavy atom. The second-order valence-electron chi connectivity index (χ2n) is 3.90. The minimum Gasteiger partial charge on any atom is -0.467 e. The van der Waals surface area contributed by atoms with E-state index in [-0.39, 0.29) is 18.5 Å². The van der Waals surface area contributed by atoms with Gasteiger partial charge >= 0.3 is 0 Å². The van der Waals surface area contributed by atoms with Gasteiger partial charge in [-0.05, 0) is 18.1 Å². The second kappa shape index (κ2) is 4.61. The van der Waals surface area contributed by atoms with Crippen LogP contribution in [-0.2, 0) is 16.1 Å². The molecule has 0 spiro atoms. The van der Waals surface area contributed by atoms with Crippen LogP contribution in [0.2, 0.25) is 0 Å². The van der Waals surface area contributed by atoms with Crippen LogP contribution in [-0.4, -0.2) is 13.1 Å². The molecule has 1 aromatic carbocycles. The van der Waals surface area contributed by atoms with Gasteiger partial charge in [0.1, 0.15) is 17.9 Å². The van der Waals surface area contributed by atoms with Crippen LogP contribution in [0, 0.1) is 5.82 Å². The minimum absolute atomic E-state index is 0.0416. The van der Waals surface area contributed by atoms with E-state index in [1.807, 2.05) is 6.92 Å². The van der Waals surface area contributed by atoms with E-state index in [1.165, 1.54) is 12.1 Å². The zero-order chi connectivity index (χ0) is 11.5. The number of aldehydes is 1. The number of carbonyl (C=O) groups is 1. The molecular formula is C12H13FO3. The van der Waals surface area contributed by atoms with Gasteiger partial charge in [0.2, 0.25) is 0 Å². The first kappa shape index (κ1) is 11.1. The quantitative estimate of drug-likeness (QED) is 0.739. The van der Waals surface area contributed by atoms with E-state index in [0.29, 0.717) is 24.3 Å². The van der Waals surface area contributed by atoms with Crippen molar-refractivity contribution in [3.05, 3.63) is 29.1 Å². The molecule has 1 heterocycles. The average molecular weight is 224 g/mol. The number of halogens is 1. The molecule has 16 heavy (non-hydrogen) atoms. The topological polar surface area (TPSA) is 35.5 Å². The van der Waals surface area contributed by atoms with Crippen molar-refractivity contribution in [3.8, 4) is 5.75 Å². The highest BCUT2D eigenvalue weighted by Crippen LogP contribution is 2.35. The van der Waals surface area contributed by atoms with Gasteiger partial charge in [-0.2, -0.15) is 0 Å². The highest BCUT2D eigenvalue weighted by Gasteiger charge is 2.20. The molecule has 1 aromatic rings. The normalized spacial score (nSPS) is 16.1. The van der Waals surface area contributed by atoms with Gasteiger partial charge in [-0.25, -0.2) is 4.39 Å². The lowest BCUT2D eigenvalue weighted by Gasteiger charge is -2.22. The summed E-state index contributed by atoms with van der Waals surface area (Å²) in [6, 6.07) is 2.84. The van der Waals surface area contributed by atoms with E-state index in [9.17, 15) is 9.18 Å². The number of fused-ring (bicyclic) bond motifs is 1. The fourth-order valence-electron chi connectivity index (χ4n) is 1.85. The zero-order valence-electron chi connectivity index (χ0n) is 9.03. The molecule has 0 N–H and O–H groups in total. The molecule has 0 fully saturated rings. The highest BCUT2D eigenvalue weighted by molar-refractivity contribution is 5.54. The average Bonchev–Trinajstić information content (AvgIpc) is 2.28. The van der Waals surface area contributed by atoms with E-state index < -0.39 is 0 Å². The smallest absolute Gasteiger partial charge is 0.189 e. The maximum atomic E-state index is 13.4. The molecule has 4 heteroatoms. The number of ether oxygens (including phenoxy) is 2. The summed E-state index contributed by atoms with van der Waals surface area (Å²) in [5.41, 5.74) is 1.45. The van der Waals surface area contributed by atoms with Crippen molar-refractivity contribution in [3.63, 3.8) is 0 Å². The molecule has 86 valence electrons. The Hall–Kier alpha value is -1.42. The van der Waals surface area contributed by atoms with Crippen molar-refractivity contribution < 1.29 is 18.7 Å². The van der Waals surface area contributed by atoms with Crippen molar-refractivity contribution in [2.75, 3.05) is 6.79 Å². The molecule has 0 saturated carbocycles. The van der Waals surface area contributed by atoms with Gasteiger partial charge in [-0.15, -0.1) is 0 Å². The monoisotopic (exact) mass is 224 g/mol. The lowest BCUT2D eigenvalue weighted by atomic mass is 9.95. The molecule has 0 aliphatic carbocycles. The van der Waals surface area contributed by atoms with Crippen LogP contribution >= 0.6 is 0 Å². The summed E-state index contributed by atoms with van der Waals surface area (Å²) in [6.07, 6.45) is 1.20. The molecule has 0 radical (unpaired) electrons. The van der Waals surface area contributed by atoms with Gasteiger partial charge < -0.3 is 14.3 Å². The molecule has 0 amide bonds. The van der Waals surface area contributed by atoms with Gasteiger partial charge in [-0.3, -0.25) is 0 Å². The Labute approximate surface area is 93.2 Å². The number of hydrogen-bond acceptors (Lipinski definition) is 3. The molecule has 1 unspecified atom stereocenters. The van der Waals surface area contributed by atoms with E-state index >= 15 is 0 Å². The van der Waals surface area contributed by atoms with Crippen LogP contribution in [0.5, 0.6) is 5.75 Å². The maximum absolute atomic E-state index is 13.4. The van der Waals surface area contributed by atoms with Crippen molar-refractivity contribution in [2.45, 2.75) is 25.9 Å². The summed E-state index contributed by atoms with van der Waals surface area (Å²) in [5, 5.41) is 0. The standard InChI is InChI=1S/C12H13FO3/c1-8(2-3-14)11-5-10(13)4-9-6-15-7-16-12(9)11/h3-5,8H,2,6-7H2,1H3. The Morgan fingerprint density at radius 3 is 3.12 bits per heavy atom. The van der Waals surface area contributed by atoms with Crippen molar-refractivity contribution in [2.24, 2.45) is 0 Å². The van der Waals surface area contributed by atoms with E-state index in [2.05, 4.69) is 0 Å². The Bertz CT molecular complexity index is 403. The van der Waals surface area contributed by atoms with Crippen LogP contribution in [0.1, 0.15) is 30.4 Å². The lowest BCUT2D eigenvalue weighted by molar-refractivity contribution is -0.108. The van der Waals surface area contributed by atoms with Gasteiger partial charge in [0.25, 0.3) is 0 Å². The van der Waals surface area contributed by atoms with Crippen LogP contribution in [0.3, 0.4) is 0 Å². The Morgan fingerprint density at radius 1 is 1.56 bits per heavy atom. The first-order valence-corrected chi connectivity index (χ1v) is 5.19. The molecule has 2 rings (SSSR count). The predicted molar refractivity (Wildman–Crippen MR) is 55.8 cm³/mol. The van der Waals surface area contributed by atoms with Crippen LogP contribution in [0.4, 0.5) is 4.39 Å². The van der Waals surface area contributed by atoms with Gasteiger partial charge in [0.15, 0.2) is 6.79 Å². The summed E-state index contributed by atoms with van der Waals surface area (Å²) >= 11 is 0. The van der Waals surface area contributed by atoms with Crippen molar-refractivity contribution >= 4 is 6.29 Å². The third-order valence-corrected chi connectivity index (χ3v) is 2.68. The van der Waals surface area contributed by atoms with E-state index in [1.54, 1.807) is 0 Å². The highest BCUT2D eigenvalue weighted by atomic mass is 19.1. The van der Waals surface area contributed by atoms with Crippen LogP contribution in [0.15, 0.2) is 12.1 Å². The fraction of sp³-hybridized carbons (Fsp3) is 0.417. The van der Waals surface area contributed by atoms with E-state index in [0.717, 1.165) is 11.8 Å². The number of carbonyl (C=O) groups excluding carboxylic acids is 1. The maximum Gasteiger partial charge on any atom is 0.189 e. The zero-order valence-corrected chi connectivity index (χ0v) is 9.03. The summed E-state index contributed by atoms with van der Waals surface area (Å²) in [6.45, 7) is 2.41. The SMILES string of the molecule is CC(CC=O)c1cc(F)cc2c1OCOC2. The molecule has 0 saturated heterocycles. The summed E-state index contributed by atoms with van der Waals surface area (Å²) in [4.78, 5) is 10.5. The lowest BCUT2D eigenvalue weighted by Crippen LogP contribution is -2.14. The fourth-order valence-corrected chi connectivity index (χ4v) is 1.85. The van der Waals surface area contributed by atoms with Crippen molar-refractivity contribution in [1.29, 1.82) is 0 Å². The van der Waals surface area contributed by atoms with Gasteiger partial charge in [0.05, 0.1) is 6.61 Å². The largest absolute Gasteiger partial charge is 0.467 e. The molecular weight excluding hydrogens is 211 g/mol. The summed E-state index contributed by atoms with van der Waals surface area (Å²) in [7, 11) is 0. The Balaban J connectivity index is 2.42. The summed E-state index contributed by atoms with van der Waals surface area (Å²) in [5.74, 6) is 0.308. The first-order valence-electron chi connectivity index (χ1n) is 5.19. The molecule has 1 atom stereocenters. The molecule has 3 nitrogen and oxygen atoms in total. The third-order valence-electron chi connectivity index (χ3n) is 2.68. The predicted octanol–water partition coefficient (Wildman–Crippen LogP) is 2.38. The van der Waals surface area contributed by atoms with Crippen LogP contribution in [0.25, 0.3) is 0 Å². The molecule has 1 aliphatic heterocycles.